The van der Waals surface area contributed by atoms with E-state index in [1.165, 1.54) is 17.2 Å². The minimum Gasteiger partial charge on any atom is -0.660 e. The molecule has 0 amide bonds. The maximum absolute atomic E-state index is 13.7. The number of aromatic nitrogens is 7. The van der Waals surface area contributed by atoms with E-state index in [-0.39, 0.29) is 76.2 Å². The third-order valence-electron chi connectivity index (χ3n) is 8.61. The first-order chi connectivity index (χ1) is 22.9. The summed E-state index contributed by atoms with van der Waals surface area (Å²) in [7, 11) is 0. The Labute approximate surface area is 337 Å². The number of aryl methyl sites for hydroxylation is 1. The van der Waals surface area contributed by atoms with Gasteiger partial charge in [-0.15, -0.1) is 0 Å². The van der Waals surface area contributed by atoms with Crippen molar-refractivity contribution in [3.63, 3.8) is 0 Å². The number of nitrogens with one attached hydrogen (secondary N) is 2. The molecule has 4 aliphatic rings. The first-order valence-electron chi connectivity index (χ1n) is 14.7. The second-order valence-electron chi connectivity index (χ2n) is 11.6. The Balaban J connectivity index is 0.00000216. The van der Waals surface area contributed by atoms with E-state index in [1.807, 2.05) is 0 Å². The van der Waals surface area contributed by atoms with Crippen LogP contribution >= 0.6 is 13.6 Å². The van der Waals surface area contributed by atoms with Crippen LogP contribution in [0.15, 0.2) is 23.6 Å². The van der Waals surface area contributed by atoms with Gasteiger partial charge in [-0.2, -0.15) is 4.98 Å². The van der Waals surface area contributed by atoms with Gasteiger partial charge in [0.15, 0.2) is 37.2 Å². The van der Waals surface area contributed by atoms with Crippen LogP contribution in [0.3, 0.4) is 0 Å². The van der Waals surface area contributed by atoms with Gasteiger partial charge in [-0.25, -0.2) is 15.0 Å². The Bertz CT molecular complexity index is 2080. The van der Waals surface area contributed by atoms with E-state index < -0.39 is 81.4 Å². The van der Waals surface area contributed by atoms with E-state index in [1.54, 1.807) is 10.8 Å². The Morgan fingerprint density at radius 1 is 0.960 bits per heavy atom. The van der Waals surface area contributed by atoms with Crippen LogP contribution in [-0.4, -0.2) is 95.5 Å². The molecule has 2 unspecified atom stereocenters. The summed E-state index contributed by atoms with van der Waals surface area (Å²) in [6.07, 6.45) is -2.74. The van der Waals surface area contributed by atoms with Gasteiger partial charge in [0.2, 0.25) is 5.95 Å². The number of nitrogens with zero attached hydrogens (tertiary/aromatic N) is 6. The van der Waals surface area contributed by atoms with Crippen LogP contribution in [0.5, 0.6) is 0 Å². The van der Waals surface area contributed by atoms with Crippen molar-refractivity contribution in [2.45, 2.75) is 61.9 Å². The molecule has 8 rings (SSSR count). The number of nitrogen functional groups attached to an aromatic ring is 1. The quantitative estimate of drug-likeness (QED) is 0.0719. The van der Waals surface area contributed by atoms with E-state index in [2.05, 4.69) is 30.2 Å². The number of rotatable bonds is 2. The molecule has 0 aliphatic carbocycles. The molecular formula is C24H28N10Na2O10P2S2. The summed E-state index contributed by atoms with van der Waals surface area (Å²) < 4.78 is 65.1. The molecule has 20 nitrogen and oxygen atoms in total. The van der Waals surface area contributed by atoms with Crippen LogP contribution in [-0.2, 0) is 67.6 Å². The fourth-order valence-corrected chi connectivity index (χ4v) is 9.29. The number of aliphatic hydroxyl groups excluding tert-OH is 1. The van der Waals surface area contributed by atoms with Crippen molar-refractivity contribution < 1.29 is 101 Å². The van der Waals surface area contributed by atoms with Crippen LogP contribution < -0.4 is 81.5 Å². The fraction of sp³-hybridized carbons (Fsp3) is 0.542. The van der Waals surface area contributed by atoms with Gasteiger partial charge in [-0.05, 0) is 18.4 Å². The number of anilines is 2. The maximum Gasteiger partial charge on any atom is 1.00 e. The monoisotopic (exact) mass is 788 g/mol. The second kappa shape index (κ2) is 14.9. The molecule has 7 N–H and O–H groups in total. The number of hydrogen-bond donors (Lipinski definition) is 5. The minimum absolute atomic E-state index is 0. The van der Waals surface area contributed by atoms with Gasteiger partial charge >= 0.3 is 59.1 Å². The largest absolute Gasteiger partial charge is 1.00 e. The zero-order valence-electron chi connectivity index (χ0n) is 26.6. The smallest absolute Gasteiger partial charge is 0.660 e. The normalized spacial score (nSPS) is 35.8. The van der Waals surface area contributed by atoms with Crippen LogP contribution in [0.1, 0.15) is 24.4 Å². The molecular weight excluding hydrogens is 760 g/mol. The average molecular weight is 789 g/mol. The number of fused-ring (bicyclic) bond motifs is 4. The molecule has 4 aromatic heterocycles. The molecule has 3 saturated heterocycles. The summed E-state index contributed by atoms with van der Waals surface area (Å²) in [6, 6.07) is -1.10. The number of ether oxygens (including phenoxy) is 2. The van der Waals surface area contributed by atoms with Crippen molar-refractivity contribution >= 4 is 72.1 Å². The fourth-order valence-electron chi connectivity index (χ4n) is 6.44. The van der Waals surface area contributed by atoms with Crippen molar-refractivity contribution in [1.82, 2.24) is 34.1 Å². The van der Waals surface area contributed by atoms with Gasteiger partial charge in [0.05, 0.1) is 31.0 Å². The van der Waals surface area contributed by atoms with E-state index >= 15 is 0 Å². The molecule has 3 fully saturated rings. The molecule has 2 bridgehead atoms. The SMILES string of the molecule is Nc1nc2c(ncn2[C@@H]2O[C@@H]3COP(=O)([S-])O[C@H]4[C@@H](O)[C@H](n5cc6c7c(ncnc75)NCCC6)O[C@@H]4COP(=O)([S-])O[C@@H]2[C@@H]3N)c(=O)[nH]1.[Na+].[Na+]. The van der Waals surface area contributed by atoms with Gasteiger partial charge in [-0.3, -0.25) is 23.5 Å². The molecule has 10 atom stereocenters. The van der Waals surface area contributed by atoms with Gasteiger partial charge in [0.1, 0.15) is 48.3 Å². The minimum atomic E-state index is -4.40. The van der Waals surface area contributed by atoms with E-state index in [4.69, 9.17) is 63.5 Å². The standard InChI is InChI=1S/C24H30N10O10P2S2.2Na/c25-13-10-5-39-45(37,47)43-16-11(42-22(15(16)35)33-4-9-2-1-3-27-18-12(9)19(33)29-7-28-18)6-40-46(38,48)44-17(13)23(41-10)34-8-30-14-20(34)31-24(26)32-21(14)36;;/h4,7-8,10-11,13,15-17,22-23,35H,1-3,5-6,25H2,(H,37,47)(H,38,48)(H,27,28,29)(H3,26,31,32,36);;/q;2*+1/p-2/t10-,11-,13-,15-,16-,17-,22-,23-,45?,46?;;/m1../s1. The summed E-state index contributed by atoms with van der Waals surface area (Å²) >= 11 is 10.5. The number of H-pyrrole nitrogens is 1. The Morgan fingerprint density at radius 2 is 1.66 bits per heavy atom. The van der Waals surface area contributed by atoms with Crippen molar-refractivity contribution in [2.75, 3.05) is 30.8 Å². The topological polar surface area (TPSA) is 268 Å². The molecule has 0 spiro atoms. The molecule has 8 heterocycles. The van der Waals surface area contributed by atoms with Gasteiger partial charge < -0.3 is 78.5 Å². The summed E-state index contributed by atoms with van der Waals surface area (Å²) in [5.41, 5.74) is 13.0. The predicted octanol–water partition coefficient (Wildman–Crippen LogP) is -5.88. The van der Waals surface area contributed by atoms with E-state index in [9.17, 15) is 19.0 Å². The molecule has 26 heteroatoms. The third-order valence-corrected chi connectivity index (χ3v) is 11.7. The summed E-state index contributed by atoms with van der Waals surface area (Å²) in [5, 5.41) is 15.6. The summed E-state index contributed by atoms with van der Waals surface area (Å²) in [6.45, 7) is -9.06. The number of imidazole rings is 1. The van der Waals surface area contributed by atoms with Crippen molar-refractivity contribution in [3.8, 4) is 0 Å². The summed E-state index contributed by atoms with van der Waals surface area (Å²) in [5.74, 6) is 0.456. The van der Waals surface area contributed by atoms with E-state index in [0.29, 0.717) is 11.5 Å². The molecule has 0 saturated carbocycles. The third kappa shape index (κ3) is 7.16. The maximum atomic E-state index is 13.7. The van der Waals surface area contributed by atoms with Crippen molar-refractivity contribution in [3.05, 3.63) is 34.8 Å². The molecule has 4 aromatic rings. The number of nitrogens with two attached hydrogens (primary N) is 2. The molecule has 0 aromatic carbocycles. The van der Waals surface area contributed by atoms with Gasteiger partial charge in [-0.1, -0.05) is 0 Å². The Hall–Kier alpha value is -0.590. The first kappa shape index (κ1) is 39.1. The molecule has 50 heavy (non-hydrogen) atoms. The van der Waals surface area contributed by atoms with Crippen LogP contribution in [0.4, 0.5) is 11.8 Å². The predicted molar refractivity (Wildman–Crippen MR) is 170 cm³/mol. The van der Waals surface area contributed by atoms with E-state index in [0.717, 1.165) is 30.3 Å². The van der Waals surface area contributed by atoms with Crippen molar-refractivity contribution in [1.29, 1.82) is 0 Å². The van der Waals surface area contributed by atoms with Crippen molar-refractivity contribution in [2.24, 2.45) is 5.73 Å². The molecule has 0 radical (unpaired) electrons. The number of aliphatic hydroxyl groups is 1. The van der Waals surface area contributed by atoms with Gasteiger partial charge in [0, 0.05) is 12.7 Å². The molecule has 4 aliphatic heterocycles. The van der Waals surface area contributed by atoms with Crippen LogP contribution in [0.25, 0.3) is 22.2 Å². The Kier molecular flexibility index (Phi) is 11.7. The summed E-state index contributed by atoms with van der Waals surface area (Å²) in [4.78, 5) is 31.7. The molecule has 258 valence electrons. The first-order valence-corrected chi connectivity index (χ1v) is 19.8. The van der Waals surface area contributed by atoms with Crippen LogP contribution in [0, 0.1) is 0 Å². The zero-order chi connectivity index (χ0) is 33.5. The zero-order valence-corrected chi connectivity index (χ0v) is 34.0. The van der Waals surface area contributed by atoms with Crippen LogP contribution in [0.2, 0.25) is 0 Å². The second-order valence-corrected chi connectivity index (χ2v) is 17.0. The number of aromatic amines is 1. The average Bonchev–Trinajstić information content (AvgIpc) is 3.73. The number of hydrogen-bond acceptors (Lipinski definition) is 19. The van der Waals surface area contributed by atoms with Gasteiger partial charge in [0.25, 0.3) is 5.56 Å². The Morgan fingerprint density at radius 3 is 2.42 bits per heavy atom.